The molecule has 3 heterocycles. The van der Waals surface area contributed by atoms with Gasteiger partial charge in [-0.2, -0.15) is 5.10 Å². The van der Waals surface area contributed by atoms with Gasteiger partial charge in [-0.3, -0.25) is 4.79 Å². The Bertz CT molecular complexity index is 1010. The molecule has 29 heavy (non-hydrogen) atoms. The first kappa shape index (κ1) is 19.6. The molecule has 2 N–H and O–H groups in total. The average Bonchev–Trinajstić information content (AvgIpc) is 3.28. The molecule has 2 aromatic heterocycles. The fraction of sp³-hybridized carbons (Fsp3) is 0.435. The molecule has 0 bridgehead atoms. The zero-order chi connectivity index (χ0) is 20.4. The number of rotatable bonds is 6. The Morgan fingerprint density at radius 2 is 2.03 bits per heavy atom. The summed E-state index contributed by atoms with van der Waals surface area (Å²) in [5.74, 6) is 0.131. The topological polar surface area (TPSA) is 63.7 Å². The zero-order valence-corrected chi connectivity index (χ0v) is 17.5. The van der Waals surface area contributed by atoms with Crippen molar-refractivity contribution >= 4 is 11.6 Å². The summed E-state index contributed by atoms with van der Waals surface area (Å²) >= 11 is 0. The van der Waals surface area contributed by atoms with E-state index in [1.807, 2.05) is 24.4 Å². The van der Waals surface area contributed by atoms with Crippen LogP contribution >= 0.6 is 0 Å². The molecule has 1 aliphatic heterocycles. The molecule has 0 saturated carbocycles. The van der Waals surface area contributed by atoms with Crippen LogP contribution in [0, 0.1) is 20.8 Å². The Balaban J connectivity index is 1.31. The summed E-state index contributed by atoms with van der Waals surface area (Å²) in [4.78, 5) is 18.8. The summed E-state index contributed by atoms with van der Waals surface area (Å²) < 4.78 is 1.89. The third-order valence-electron chi connectivity index (χ3n) is 5.93. The third kappa shape index (κ3) is 4.48. The van der Waals surface area contributed by atoms with Crippen molar-refractivity contribution in [2.75, 3.05) is 13.1 Å². The van der Waals surface area contributed by atoms with Crippen molar-refractivity contribution in [1.29, 1.82) is 0 Å². The number of hydrogen-bond donors (Lipinski definition) is 2. The van der Waals surface area contributed by atoms with E-state index in [0.29, 0.717) is 12.8 Å². The van der Waals surface area contributed by atoms with Crippen molar-refractivity contribution in [3.05, 3.63) is 64.6 Å². The minimum absolute atomic E-state index is 0.131. The number of carbonyl (C=O) groups is 1. The number of quaternary nitrogens is 1. The molecule has 1 aromatic carbocycles. The average molecular weight is 393 g/mol. The number of hydrogen-bond acceptors (Lipinski definition) is 3. The van der Waals surface area contributed by atoms with E-state index < -0.39 is 0 Å². The third-order valence-corrected chi connectivity index (χ3v) is 5.93. The molecule has 1 aliphatic rings. The lowest BCUT2D eigenvalue weighted by atomic mass is 10.1. The Hall–Kier alpha value is -2.73. The molecular formula is C23H30N5O+. The van der Waals surface area contributed by atoms with Gasteiger partial charge < -0.3 is 10.2 Å². The van der Waals surface area contributed by atoms with Crippen LogP contribution in [-0.2, 0) is 17.8 Å². The molecule has 0 spiro atoms. The van der Waals surface area contributed by atoms with E-state index in [-0.39, 0.29) is 11.9 Å². The summed E-state index contributed by atoms with van der Waals surface area (Å²) in [5.41, 5.74) is 6.38. The van der Waals surface area contributed by atoms with Gasteiger partial charge in [0, 0.05) is 35.9 Å². The second-order valence-electron chi connectivity index (χ2n) is 8.24. The van der Waals surface area contributed by atoms with E-state index in [0.717, 1.165) is 54.3 Å². The number of likely N-dealkylation sites (tertiary alicyclic amines) is 1. The lowest BCUT2D eigenvalue weighted by Gasteiger charge is -2.15. The van der Waals surface area contributed by atoms with Gasteiger partial charge in [-0.15, -0.1) is 0 Å². The molecule has 6 heteroatoms. The highest BCUT2D eigenvalue weighted by Gasteiger charge is 2.27. The van der Waals surface area contributed by atoms with Gasteiger partial charge in [-0.05, 0) is 32.8 Å². The number of nitrogens with zero attached hydrogens (tertiary/aromatic N) is 3. The van der Waals surface area contributed by atoms with Crippen molar-refractivity contribution in [3.8, 4) is 0 Å². The zero-order valence-electron chi connectivity index (χ0n) is 17.5. The van der Waals surface area contributed by atoms with E-state index in [1.165, 1.54) is 10.5 Å². The maximum Gasteiger partial charge on any atom is 0.220 e. The first-order chi connectivity index (χ1) is 14.0. The van der Waals surface area contributed by atoms with Crippen LogP contribution in [0.5, 0.6) is 0 Å². The molecule has 1 amide bonds. The van der Waals surface area contributed by atoms with Crippen LogP contribution in [0.1, 0.15) is 41.1 Å². The van der Waals surface area contributed by atoms with Crippen LogP contribution < -0.4 is 10.2 Å². The lowest BCUT2D eigenvalue weighted by Crippen LogP contribution is -3.09. The molecule has 6 nitrogen and oxygen atoms in total. The summed E-state index contributed by atoms with van der Waals surface area (Å²) in [6, 6.07) is 12.8. The van der Waals surface area contributed by atoms with Crippen molar-refractivity contribution in [2.45, 2.75) is 52.6 Å². The van der Waals surface area contributed by atoms with E-state index in [2.05, 4.69) is 52.7 Å². The predicted octanol–water partition coefficient (Wildman–Crippen LogP) is 1.56. The number of fused-ring (bicyclic) bond motifs is 1. The number of aromatic nitrogens is 3. The summed E-state index contributed by atoms with van der Waals surface area (Å²) in [5, 5.41) is 7.76. The summed E-state index contributed by atoms with van der Waals surface area (Å²) in [6.07, 6.45) is 2.23. The van der Waals surface area contributed by atoms with E-state index in [9.17, 15) is 4.79 Å². The van der Waals surface area contributed by atoms with Crippen LogP contribution in [0.25, 0.3) is 5.65 Å². The van der Waals surface area contributed by atoms with Crippen molar-refractivity contribution < 1.29 is 9.69 Å². The highest BCUT2D eigenvalue weighted by Crippen LogP contribution is 2.17. The Morgan fingerprint density at radius 1 is 1.24 bits per heavy atom. The predicted molar refractivity (Wildman–Crippen MR) is 113 cm³/mol. The van der Waals surface area contributed by atoms with E-state index in [4.69, 9.17) is 0 Å². The highest BCUT2D eigenvalue weighted by molar-refractivity contribution is 5.76. The number of nitrogens with one attached hydrogen (secondary N) is 2. The van der Waals surface area contributed by atoms with Gasteiger partial charge in [0.05, 0.1) is 24.8 Å². The normalized spacial score (nSPS) is 19.0. The standard InChI is InChI=1S/C23H29N5O/c1-16-13-22-24-17(2)21(18(3)28(22)26-16)9-10-23(29)25-20-11-12-27(15-20)14-19-7-5-4-6-8-19/h4-8,13,20H,9-12,14-15H2,1-3H3,(H,25,29)/p+1/t20-/m0/s1. The summed E-state index contributed by atoms with van der Waals surface area (Å²) in [7, 11) is 0. The van der Waals surface area contributed by atoms with E-state index >= 15 is 0 Å². The smallest absolute Gasteiger partial charge is 0.220 e. The van der Waals surface area contributed by atoms with Crippen LogP contribution in [0.2, 0.25) is 0 Å². The Kier molecular flexibility index (Phi) is 5.62. The molecule has 1 saturated heterocycles. The molecule has 0 radical (unpaired) electrons. The highest BCUT2D eigenvalue weighted by atomic mass is 16.1. The van der Waals surface area contributed by atoms with Gasteiger partial charge >= 0.3 is 0 Å². The van der Waals surface area contributed by atoms with Crippen LogP contribution in [-0.4, -0.2) is 39.6 Å². The molecule has 152 valence electrons. The van der Waals surface area contributed by atoms with Gasteiger partial charge in [0.15, 0.2) is 5.65 Å². The van der Waals surface area contributed by atoms with Crippen LogP contribution in [0.3, 0.4) is 0 Å². The van der Waals surface area contributed by atoms with Crippen molar-refractivity contribution in [2.24, 2.45) is 0 Å². The second-order valence-corrected chi connectivity index (χ2v) is 8.24. The first-order valence-corrected chi connectivity index (χ1v) is 10.5. The number of amides is 1. The largest absolute Gasteiger partial charge is 0.347 e. The number of benzene rings is 1. The molecule has 2 atom stereocenters. The van der Waals surface area contributed by atoms with Gasteiger partial charge in [-0.1, -0.05) is 30.3 Å². The van der Waals surface area contributed by atoms with Gasteiger partial charge in [0.2, 0.25) is 5.91 Å². The summed E-state index contributed by atoms with van der Waals surface area (Å²) in [6.45, 7) is 9.19. The maximum atomic E-state index is 12.6. The first-order valence-electron chi connectivity index (χ1n) is 10.5. The Labute approximate surface area is 171 Å². The van der Waals surface area contributed by atoms with Crippen molar-refractivity contribution in [1.82, 2.24) is 19.9 Å². The molecule has 0 aliphatic carbocycles. The fourth-order valence-electron chi connectivity index (χ4n) is 4.44. The monoisotopic (exact) mass is 392 g/mol. The Morgan fingerprint density at radius 3 is 2.83 bits per heavy atom. The quantitative estimate of drug-likeness (QED) is 0.669. The van der Waals surface area contributed by atoms with Gasteiger partial charge in [0.1, 0.15) is 6.54 Å². The molecular weight excluding hydrogens is 362 g/mol. The van der Waals surface area contributed by atoms with Gasteiger partial charge in [0.25, 0.3) is 0 Å². The van der Waals surface area contributed by atoms with Crippen LogP contribution in [0.4, 0.5) is 0 Å². The number of carbonyl (C=O) groups excluding carboxylic acids is 1. The van der Waals surface area contributed by atoms with Gasteiger partial charge in [-0.25, -0.2) is 9.50 Å². The molecule has 1 unspecified atom stereocenters. The molecule has 4 rings (SSSR count). The molecule has 1 fully saturated rings. The lowest BCUT2D eigenvalue weighted by molar-refractivity contribution is -0.901. The molecule has 3 aromatic rings. The second kappa shape index (κ2) is 8.33. The van der Waals surface area contributed by atoms with Crippen molar-refractivity contribution in [3.63, 3.8) is 0 Å². The maximum absolute atomic E-state index is 12.6. The number of aryl methyl sites for hydroxylation is 3. The minimum Gasteiger partial charge on any atom is -0.347 e. The minimum atomic E-state index is 0.131. The SMILES string of the molecule is Cc1cc2nc(C)c(CCC(=O)N[C@H]3CC[NH+](Cc4ccccc4)C3)c(C)n2n1. The van der Waals surface area contributed by atoms with Crippen LogP contribution in [0.15, 0.2) is 36.4 Å². The van der Waals surface area contributed by atoms with E-state index in [1.54, 1.807) is 0 Å². The fourth-order valence-corrected chi connectivity index (χ4v) is 4.44.